The second-order valence-corrected chi connectivity index (χ2v) is 20.4. The van der Waals surface area contributed by atoms with Crippen LogP contribution in [0.15, 0.2) is 54.6 Å². The van der Waals surface area contributed by atoms with E-state index in [0.29, 0.717) is 36.8 Å². The summed E-state index contributed by atoms with van der Waals surface area (Å²) in [6.07, 6.45) is 0.332. The molecule has 0 radical (unpaired) electrons. The third-order valence-electron chi connectivity index (χ3n) is 13.3. The first-order chi connectivity index (χ1) is 33.6. The molecule has 3 aliphatic heterocycles. The van der Waals surface area contributed by atoms with Gasteiger partial charge >= 0.3 is 5.97 Å². The number of phenolic OH excluding ortho intramolecular Hbond substituents is 1. The Kier molecular flexibility index (Phi) is 19.5. The highest BCUT2D eigenvalue weighted by Crippen LogP contribution is 2.27. The van der Waals surface area contributed by atoms with Crippen molar-refractivity contribution in [2.24, 2.45) is 17.8 Å². The third-order valence-corrected chi connectivity index (χ3v) is 13.3. The number of fused-ring (bicyclic) bond motifs is 2. The van der Waals surface area contributed by atoms with E-state index in [0.717, 1.165) is 4.90 Å². The molecule has 71 heavy (non-hydrogen) atoms. The molecule has 5 unspecified atom stereocenters. The highest BCUT2D eigenvalue weighted by Gasteiger charge is 2.46. The number of hydrogen-bond acceptors (Lipinski definition) is 11. The first-order valence-electron chi connectivity index (χ1n) is 24.9. The van der Waals surface area contributed by atoms with Gasteiger partial charge in [-0.05, 0) is 86.5 Å². The summed E-state index contributed by atoms with van der Waals surface area (Å²) in [6, 6.07) is 5.16. The standard InChI is InChI=1S/C52H74N8O11/c1-29(2)25-37-46(64)57-43(31(5)6)51(69)60-24-14-18-41(60)50(68)59-23-13-17-40(59)47(65)56-39(26-30(3)4)49(67)58(9)42(28-35-19-21-36(62)22-20-35)52(70)71-32(7)44(53-33(8)61)48(66)55-38(45(63)54-37)27-34-15-11-10-12-16-34/h10-12,15-16,19-22,29-32,37-44,62H,13-14,17-18,23-28H2,1-9H3,(H,53,61)(H,54,63)(H,55,66)(H,56,65)(H,57,64)/t32?,37-,38?,39?,40-,41-,42-,43?,44?/m0/s1. The first kappa shape index (κ1) is 55.4. The highest BCUT2D eigenvalue weighted by molar-refractivity contribution is 5.98. The largest absolute Gasteiger partial charge is 0.508 e. The van der Waals surface area contributed by atoms with Gasteiger partial charge in [-0.3, -0.25) is 38.4 Å². The van der Waals surface area contributed by atoms with Crippen molar-refractivity contribution in [3.8, 4) is 5.75 Å². The molecule has 0 spiro atoms. The van der Waals surface area contributed by atoms with Crippen molar-refractivity contribution in [1.29, 1.82) is 0 Å². The maximum Gasteiger partial charge on any atom is 0.329 e. The Morgan fingerprint density at radius 3 is 1.79 bits per heavy atom. The van der Waals surface area contributed by atoms with Gasteiger partial charge in [0.25, 0.3) is 0 Å². The monoisotopic (exact) mass is 987 g/mol. The van der Waals surface area contributed by atoms with E-state index in [1.807, 2.05) is 27.7 Å². The van der Waals surface area contributed by atoms with Crippen LogP contribution in [0.3, 0.4) is 0 Å². The molecule has 8 amide bonds. The molecule has 6 N–H and O–H groups in total. The fourth-order valence-electron chi connectivity index (χ4n) is 9.56. The average Bonchev–Trinajstić information content (AvgIpc) is 4.02. The van der Waals surface area contributed by atoms with Crippen LogP contribution in [0.25, 0.3) is 0 Å². The SMILES string of the molecule is CC(=O)NC1C(=O)NC(Cc2ccccc2)C(=O)N[C@@H](CC(C)C)C(=O)NC(C(C)C)C(=O)N2CCC[C@H]2C(=O)N2CCC[C@H]2C(=O)NC(CC(C)C)C(=O)N(C)[C@@H](Cc2ccc(O)cc2)C(=O)OC1C. The molecular formula is C52H74N8O11. The molecule has 3 fully saturated rings. The smallest absolute Gasteiger partial charge is 0.329 e. The van der Waals surface area contributed by atoms with Crippen LogP contribution in [0, 0.1) is 17.8 Å². The molecule has 3 saturated heterocycles. The normalized spacial score (nSPS) is 27.0. The minimum atomic E-state index is -1.57. The Balaban J connectivity index is 1.61. The number of carbonyl (C=O) groups excluding carboxylic acids is 9. The number of ether oxygens (including phenoxy) is 1. The molecule has 2 aromatic carbocycles. The van der Waals surface area contributed by atoms with Crippen LogP contribution in [0.4, 0.5) is 0 Å². The number of benzene rings is 2. The van der Waals surface area contributed by atoms with E-state index < -0.39 is 114 Å². The Labute approximate surface area is 416 Å². The number of likely N-dealkylation sites (N-methyl/N-ethyl adjacent to an activating group) is 1. The van der Waals surface area contributed by atoms with E-state index in [-0.39, 0.29) is 56.4 Å². The Hall–Kier alpha value is -6.53. The van der Waals surface area contributed by atoms with E-state index in [2.05, 4.69) is 26.6 Å². The molecule has 388 valence electrons. The zero-order chi connectivity index (χ0) is 52.3. The number of nitrogens with one attached hydrogen (secondary N) is 5. The van der Waals surface area contributed by atoms with Crippen molar-refractivity contribution < 1.29 is 53.0 Å². The number of aromatic hydroxyl groups is 1. The van der Waals surface area contributed by atoms with Gasteiger partial charge in [0.15, 0.2) is 0 Å². The predicted octanol–water partition coefficient (Wildman–Crippen LogP) is 2.12. The quantitative estimate of drug-likeness (QED) is 0.188. The van der Waals surface area contributed by atoms with Gasteiger partial charge in [-0.1, -0.05) is 84.0 Å². The Bertz CT molecular complexity index is 2240. The second kappa shape index (κ2) is 25.0. The minimum absolute atomic E-state index is 0.0353. The lowest BCUT2D eigenvalue weighted by Gasteiger charge is -2.35. The first-order valence-corrected chi connectivity index (χ1v) is 24.9. The Morgan fingerprint density at radius 2 is 1.20 bits per heavy atom. The fourth-order valence-corrected chi connectivity index (χ4v) is 9.56. The van der Waals surface area contributed by atoms with Gasteiger partial charge in [0.05, 0.1) is 0 Å². The third kappa shape index (κ3) is 14.8. The van der Waals surface area contributed by atoms with E-state index >= 15 is 0 Å². The van der Waals surface area contributed by atoms with Crippen LogP contribution >= 0.6 is 0 Å². The number of cyclic esters (lactones) is 1. The predicted molar refractivity (Wildman–Crippen MR) is 263 cm³/mol. The topological polar surface area (TPSA) is 253 Å². The highest BCUT2D eigenvalue weighted by atomic mass is 16.5. The average molecular weight is 987 g/mol. The van der Waals surface area contributed by atoms with Crippen molar-refractivity contribution in [2.45, 2.75) is 161 Å². The number of rotatable bonds is 10. The number of hydrogen-bond donors (Lipinski definition) is 6. The van der Waals surface area contributed by atoms with Crippen LogP contribution < -0.4 is 26.6 Å². The summed E-state index contributed by atoms with van der Waals surface area (Å²) in [5.41, 5.74) is 1.18. The summed E-state index contributed by atoms with van der Waals surface area (Å²) in [7, 11) is 1.39. The van der Waals surface area contributed by atoms with Crippen molar-refractivity contribution in [2.75, 3.05) is 20.1 Å². The van der Waals surface area contributed by atoms with Gasteiger partial charge < -0.3 is 51.1 Å². The molecule has 0 bridgehead atoms. The molecule has 3 aliphatic rings. The van der Waals surface area contributed by atoms with Gasteiger partial charge in [-0.15, -0.1) is 0 Å². The van der Waals surface area contributed by atoms with Crippen LogP contribution in [0.1, 0.15) is 105 Å². The van der Waals surface area contributed by atoms with Crippen molar-refractivity contribution in [3.63, 3.8) is 0 Å². The summed E-state index contributed by atoms with van der Waals surface area (Å²) < 4.78 is 5.97. The zero-order valence-corrected chi connectivity index (χ0v) is 42.6. The van der Waals surface area contributed by atoms with Gasteiger partial charge in [-0.25, -0.2) is 4.79 Å². The molecule has 0 aliphatic carbocycles. The number of carbonyl (C=O) groups is 9. The van der Waals surface area contributed by atoms with Gasteiger partial charge in [0, 0.05) is 39.9 Å². The molecule has 3 heterocycles. The van der Waals surface area contributed by atoms with Gasteiger partial charge in [-0.2, -0.15) is 0 Å². The number of nitrogens with zero attached hydrogens (tertiary/aromatic N) is 3. The fraction of sp³-hybridized carbons (Fsp3) is 0.596. The molecular weight excluding hydrogens is 913 g/mol. The maximum absolute atomic E-state index is 14.7. The van der Waals surface area contributed by atoms with Crippen molar-refractivity contribution in [1.82, 2.24) is 41.3 Å². The summed E-state index contributed by atoms with van der Waals surface area (Å²) in [5.74, 6) is -6.78. The molecule has 5 rings (SSSR count). The summed E-state index contributed by atoms with van der Waals surface area (Å²) in [5, 5.41) is 23.9. The number of amides is 8. The number of esters is 1. The summed E-state index contributed by atoms with van der Waals surface area (Å²) in [6.45, 7) is 14.0. The lowest BCUT2D eigenvalue weighted by Crippen LogP contribution is -2.61. The lowest BCUT2D eigenvalue weighted by atomic mass is 9.98. The lowest BCUT2D eigenvalue weighted by molar-refractivity contribution is -0.161. The van der Waals surface area contributed by atoms with Crippen molar-refractivity contribution >= 4 is 53.2 Å². The summed E-state index contributed by atoms with van der Waals surface area (Å²) >= 11 is 0. The molecule has 9 atom stereocenters. The Morgan fingerprint density at radius 1 is 0.662 bits per heavy atom. The van der Waals surface area contributed by atoms with Gasteiger partial charge in [0.2, 0.25) is 47.3 Å². The van der Waals surface area contributed by atoms with Crippen molar-refractivity contribution in [3.05, 3.63) is 65.7 Å². The molecule has 19 nitrogen and oxygen atoms in total. The molecule has 0 saturated carbocycles. The van der Waals surface area contributed by atoms with Crippen LogP contribution in [-0.2, 0) is 60.7 Å². The van der Waals surface area contributed by atoms with Crippen LogP contribution in [-0.4, -0.2) is 148 Å². The maximum atomic E-state index is 14.7. The minimum Gasteiger partial charge on any atom is -0.508 e. The molecule has 0 aromatic heterocycles. The van der Waals surface area contributed by atoms with E-state index in [4.69, 9.17) is 4.74 Å². The molecule has 19 heteroatoms. The number of phenols is 1. The summed E-state index contributed by atoms with van der Waals surface area (Å²) in [4.78, 5) is 133. The zero-order valence-electron chi connectivity index (χ0n) is 42.6. The van der Waals surface area contributed by atoms with E-state index in [9.17, 15) is 48.3 Å². The van der Waals surface area contributed by atoms with Crippen LogP contribution in [0.5, 0.6) is 5.75 Å². The van der Waals surface area contributed by atoms with Gasteiger partial charge in [0.1, 0.15) is 60.2 Å². The van der Waals surface area contributed by atoms with E-state index in [1.165, 1.54) is 42.8 Å². The van der Waals surface area contributed by atoms with E-state index in [1.54, 1.807) is 56.3 Å². The van der Waals surface area contributed by atoms with Crippen LogP contribution in [0.2, 0.25) is 0 Å². The second-order valence-electron chi connectivity index (χ2n) is 20.4. The molecule has 2 aromatic rings.